The highest BCUT2D eigenvalue weighted by atomic mass is 16.5. The van der Waals surface area contributed by atoms with Crippen LogP contribution in [-0.4, -0.2) is 24.2 Å². The Hall–Kier alpha value is -1.55. The zero-order valence-corrected chi connectivity index (χ0v) is 16.6. The minimum absolute atomic E-state index is 0.0437. The number of benzene rings is 1. The maximum absolute atomic E-state index is 12.9. The summed E-state index contributed by atoms with van der Waals surface area (Å²) in [5, 5.41) is 3.07. The van der Waals surface area contributed by atoms with Crippen molar-refractivity contribution in [3.05, 3.63) is 23.3 Å². The smallest absolute Gasteiger partial charge is 0.256 e. The third kappa shape index (κ3) is 4.75. The van der Waals surface area contributed by atoms with Gasteiger partial charge in [-0.2, -0.15) is 0 Å². The molecule has 25 heavy (non-hydrogen) atoms. The Bertz CT molecular complexity index is 586. The van der Waals surface area contributed by atoms with Crippen LogP contribution >= 0.6 is 0 Å². The minimum atomic E-state index is -0.732. The van der Waals surface area contributed by atoms with Crippen LogP contribution in [0.1, 0.15) is 64.5 Å². The molecule has 0 bridgehead atoms. The highest BCUT2D eigenvalue weighted by Crippen LogP contribution is 2.42. The molecule has 1 saturated carbocycles. The largest absolute Gasteiger partial charge is 0.490 e. The molecular formula is C21H33NO3. The Morgan fingerprint density at radius 3 is 2.36 bits per heavy atom. The topological polar surface area (TPSA) is 47.6 Å². The van der Waals surface area contributed by atoms with Crippen molar-refractivity contribution in [2.75, 3.05) is 11.9 Å². The number of aryl methyl sites for hydroxylation is 2. The number of hydrogen-bond donors (Lipinski definition) is 1. The van der Waals surface area contributed by atoms with Gasteiger partial charge in [-0.3, -0.25) is 4.79 Å². The Morgan fingerprint density at radius 1 is 1.28 bits per heavy atom. The summed E-state index contributed by atoms with van der Waals surface area (Å²) >= 11 is 0. The fourth-order valence-corrected chi connectivity index (χ4v) is 3.07. The molecule has 0 radical (unpaired) electrons. The first-order valence-electron chi connectivity index (χ1n) is 9.55. The van der Waals surface area contributed by atoms with Crippen molar-refractivity contribution in [1.82, 2.24) is 0 Å². The van der Waals surface area contributed by atoms with Crippen LogP contribution in [0.2, 0.25) is 0 Å². The lowest BCUT2D eigenvalue weighted by Crippen LogP contribution is -2.45. The summed E-state index contributed by atoms with van der Waals surface area (Å²) < 4.78 is 12.0. The normalized spacial score (nSPS) is 17.7. The van der Waals surface area contributed by atoms with E-state index in [0.29, 0.717) is 12.5 Å². The molecule has 0 spiro atoms. The standard InChI is InChI=1S/C21H33NO3/c1-7-11-24-21(6,17-9-10-17)20(23)22-18-12-14(3)19(15(4)13-18)25-16(5)8-2/h12-13,16-17H,7-11H2,1-6H3,(H,22,23). The van der Waals surface area contributed by atoms with Crippen molar-refractivity contribution >= 4 is 11.6 Å². The fraction of sp³-hybridized carbons (Fsp3) is 0.667. The van der Waals surface area contributed by atoms with Gasteiger partial charge in [-0.1, -0.05) is 13.8 Å². The average Bonchev–Trinajstić information content (AvgIpc) is 3.41. The number of amides is 1. The van der Waals surface area contributed by atoms with Crippen molar-refractivity contribution < 1.29 is 14.3 Å². The number of carbonyl (C=O) groups excluding carboxylic acids is 1. The second kappa shape index (κ2) is 8.22. The molecule has 0 saturated heterocycles. The molecule has 1 amide bonds. The van der Waals surface area contributed by atoms with Gasteiger partial charge in [-0.15, -0.1) is 0 Å². The predicted octanol–water partition coefficient (Wildman–Crippen LogP) is 5.01. The van der Waals surface area contributed by atoms with Gasteiger partial charge in [-0.05, 0) is 82.6 Å². The molecule has 4 heteroatoms. The minimum Gasteiger partial charge on any atom is -0.490 e. The lowest BCUT2D eigenvalue weighted by Gasteiger charge is -2.29. The summed E-state index contributed by atoms with van der Waals surface area (Å²) in [7, 11) is 0. The highest BCUT2D eigenvalue weighted by Gasteiger charge is 2.48. The van der Waals surface area contributed by atoms with Crippen LogP contribution in [0.15, 0.2) is 12.1 Å². The molecular weight excluding hydrogens is 314 g/mol. The van der Waals surface area contributed by atoms with Crippen molar-refractivity contribution in [3.63, 3.8) is 0 Å². The Labute approximate surface area is 152 Å². The molecule has 1 aromatic rings. The molecule has 0 heterocycles. The number of rotatable bonds is 9. The molecule has 1 aromatic carbocycles. The first kappa shape index (κ1) is 19.8. The van der Waals surface area contributed by atoms with Gasteiger partial charge in [0.25, 0.3) is 5.91 Å². The van der Waals surface area contributed by atoms with Gasteiger partial charge < -0.3 is 14.8 Å². The van der Waals surface area contributed by atoms with Crippen LogP contribution < -0.4 is 10.1 Å². The van der Waals surface area contributed by atoms with E-state index in [1.807, 2.05) is 32.9 Å². The Balaban J connectivity index is 2.15. The summed E-state index contributed by atoms with van der Waals surface area (Å²) in [4.78, 5) is 12.9. The second-order valence-corrected chi connectivity index (χ2v) is 7.46. The summed E-state index contributed by atoms with van der Waals surface area (Å²) in [6.45, 7) is 12.8. The van der Waals surface area contributed by atoms with Gasteiger partial charge in [0.15, 0.2) is 0 Å². The summed E-state index contributed by atoms with van der Waals surface area (Å²) in [6, 6.07) is 3.96. The van der Waals surface area contributed by atoms with E-state index < -0.39 is 5.60 Å². The first-order valence-corrected chi connectivity index (χ1v) is 9.55. The zero-order chi connectivity index (χ0) is 18.6. The molecule has 0 aliphatic heterocycles. The lowest BCUT2D eigenvalue weighted by molar-refractivity contribution is -0.142. The molecule has 4 nitrogen and oxygen atoms in total. The number of nitrogens with one attached hydrogen (secondary N) is 1. The molecule has 1 aliphatic carbocycles. The van der Waals surface area contributed by atoms with Crippen LogP contribution in [0.4, 0.5) is 5.69 Å². The third-order valence-corrected chi connectivity index (χ3v) is 5.03. The van der Waals surface area contributed by atoms with Crippen LogP contribution in [0.3, 0.4) is 0 Å². The van der Waals surface area contributed by atoms with Gasteiger partial charge >= 0.3 is 0 Å². The second-order valence-electron chi connectivity index (χ2n) is 7.46. The lowest BCUT2D eigenvalue weighted by atomic mass is 9.98. The van der Waals surface area contributed by atoms with E-state index in [9.17, 15) is 4.79 Å². The molecule has 2 unspecified atom stereocenters. The van der Waals surface area contributed by atoms with E-state index >= 15 is 0 Å². The Kier molecular flexibility index (Phi) is 6.50. The van der Waals surface area contributed by atoms with E-state index in [0.717, 1.165) is 48.2 Å². The molecule has 140 valence electrons. The summed E-state index contributed by atoms with van der Waals surface area (Å²) in [5.41, 5.74) is 2.16. The van der Waals surface area contributed by atoms with Crippen LogP contribution in [0.5, 0.6) is 5.75 Å². The van der Waals surface area contributed by atoms with Gasteiger partial charge in [0.05, 0.1) is 6.10 Å². The maximum Gasteiger partial charge on any atom is 0.256 e. The molecule has 2 atom stereocenters. The fourth-order valence-electron chi connectivity index (χ4n) is 3.07. The SMILES string of the molecule is CCCOC(C)(C(=O)Nc1cc(C)c(OC(C)CC)c(C)c1)C1CC1. The highest BCUT2D eigenvalue weighted by molar-refractivity contribution is 5.97. The molecule has 0 aromatic heterocycles. The number of ether oxygens (including phenoxy) is 2. The van der Waals surface area contributed by atoms with Gasteiger partial charge in [0, 0.05) is 12.3 Å². The van der Waals surface area contributed by atoms with Gasteiger partial charge in [0.2, 0.25) is 0 Å². The number of anilines is 1. The maximum atomic E-state index is 12.9. The third-order valence-electron chi connectivity index (χ3n) is 5.03. The van der Waals surface area contributed by atoms with E-state index in [2.05, 4.69) is 26.1 Å². The van der Waals surface area contributed by atoms with Crippen molar-refractivity contribution in [3.8, 4) is 5.75 Å². The monoisotopic (exact) mass is 347 g/mol. The first-order chi connectivity index (χ1) is 11.8. The number of hydrogen-bond acceptors (Lipinski definition) is 3. The zero-order valence-electron chi connectivity index (χ0n) is 16.6. The van der Waals surface area contributed by atoms with E-state index in [-0.39, 0.29) is 12.0 Å². The van der Waals surface area contributed by atoms with E-state index in [1.165, 1.54) is 0 Å². The van der Waals surface area contributed by atoms with Crippen molar-refractivity contribution in [2.45, 2.75) is 78.9 Å². The quantitative estimate of drug-likeness (QED) is 0.683. The summed E-state index contributed by atoms with van der Waals surface area (Å²) in [5.74, 6) is 1.20. The molecule has 2 rings (SSSR count). The predicted molar refractivity (Wildman–Crippen MR) is 102 cm³/mol. The average molecular weight is 347 g/mol. The van der Waals surface area contributed by atoms with Crippen molar-refractivity contribution in [2.24, 2.45) is 5.92 Å². The van der Waals surface area contributed by atoms with Gasteiger partial charge in [-0.25, -0.2) is 0 Å². The Morgan fingerprint density at radius 2 is 1.88 bits per heavy atom. The number of carbonyl (C=O) groups is 1. The molecule has 1 aliphatic rings. The summed E-state index contributed by atoms with van der Waals surface area (Å²) in [6.07, 6.45) is 4.18. The van der Waals surface area contributed by atoms with Crippen molar-refractivity contribution in [1.29, 1.82) is 0 Å². The molecule has 1 fully saturated rings. The van der Waals surface area contributed by atoms with Crippen LogP contribution in [0, 0.1) is 19.8 Å². The van der Waals surface area contributed by atoms with E-state index in [4.69, 9.17) is 9.47 Å². The van der Waals surface area contributed by atoms with Gasteiger partial charge in [0.1, 0.15) is 11.4 Å². The van der Waals surface area contributed by atoms with Crippen LogP contribution in [0.25, 0.3) is 0 Å². The van der Waals surface area contributed by atoms with E-state index in [1.54, 1.807) is 0 Å². The van der Waals surface area contributed by atoms with Crippen LogP contribution in [-0.2, 0) is 9.53 Å². The molecule has 1 N–H and O–H groups in total.